The minimum Gasteiger partial charge on any atom is -0.496 e. The third kappa shape index (κ3) is 3.06. The van der Waals surface area contributed by atoms with Gasteiger partial charge in [0.1, 0.15) is 5.75 Å². The molecule has 1 N–H and O–H groups in total. The van der Waals surface area contributed by atoms with Gasteiger partial charge in [-0.25, -0.2) is 0 Å². The molecule has 2 rings (SSSR count). The summed E-state index contributed by atoms with van der Waals surface area (Å²) in [5.41, 5.74) is 3.45. The number of ether oxygens (including phenoxy) is 2. The highest BCUT2D eigenvalue weighted by Gasteiger charge is 2.48. The molecule has 118 valence electrons. The van der Waals surface area contributed by atoms with Crippen LogP contribution in [-0.2, 0) is 11.3 Å². The fraction of sp³-hybridized carbons (Fsp3) is 0.706. The van der Waals surface area contributed by atoms with E-state index in [4.69, 9.17) is 9.47 Å². The molecule has 1 aromatic rings. The molecule has 0 bridgehead atoms. The largest absolute Gasteiger partial charge is 0.496 e. The molecule has 1 aliphatic rings. The van der Waals surface area contributed by atoms with Gasteiger partial charge in [0.05, 0.1) is 18.9 Å². The first-order valence-corrected chi connectivity index (χ1v) is 7.75. The number of rotatable bonds is 6. The average Bonchev–Trinajstić information content (AvgIpc) is 2.44. The standard InChI is InChI=1S/C17H28N2O2/c1-7-21-15-8-14(17(15,4)5)19-10-13-12(3)16(20-6)11(2)9-18-13/h9,14-15,19H,7-8,10H2,1-6H3. The van der Waals surface area contributed by atoms with Crippen molar-refractivity contribution in [3.8, 4) is 5.75 Å². The third-order valence-electron chi connectivity index (χ3n) is 4.81. The number of aromatic nitrogens is 1. The van der Waals surface area contributed by atoms with Crippen molar-refractivity contribution in [3.63, 3.8) is 0 Å². The lowest BCUT2D eigenvalue weighted by atomic mass is 9.64. The maximum absolute atomic E-state index is 5.78. The summed E-state index contributed by atoms with van der Waals surface area (Å²) in [4.78, 5) is 4.55. The van der Waals surface area contributed by atoms with E-state index >= 15 is 0 Å². The van der Waals surface area contributed by atoms with E-state index in [1.165, 1.54) is 0 Å². The first-order valence-electron chi connectivity index (χ1n) is 7.75. The minimum atomic E-state index is 0.179. The fourth-order valence-electron chi connectivity index (χ4n) is 3.19. The van der Waals surface area contributed by atoms with E-state index in [0.717, 1.165) is 42.1 Å². The number of hydrogen-bond donors (Lipinski definition) is 1. The highest BCUT2D eigenvalue weighted by molar-refractivity contribution is 5.41. The quantitative estimate of drug-likeness (QED) is 0.875. The van der Waals surface area contributed by atoms with Crippen molar-refractivity contribution in [2.75, 3.05) is 13.7 Å². The number of nitrogens with zero attached hydrogens (tertiary/aromatic N) is 1. The van der Waals surface area contributed by atoms with E-state index in [9.17, 15) is 0 Å². The van der Waals surface area contributed by atoms with Gasteiger partial charge in [0, 0.05) is 41.9 Å². The molecule has 1 aromatic heterocycles. The van der Waals surface area contributed by atoms with Gasteiger partial charge in [-0.1, -0.05) is 13.8 Å². The normalized spacial score (nSPS) is 23.7. The highest BCUT2D eigenvalue weighted by Crippen LogP contribution is 2.42. The van der Waals surface area contributed by atoms with E-state index in [0.29, 0.717) is 12.1 Å². The van der Waals surface area contributed by atoms with E-state index in [2.05, 4.69) is 38.0 Å². The van der Waals surface area contributed by atoms with Gasteiger partial charge in [0.15, 0.2) is 0 Å². The van der Waals surface area contributed by atoms with Gasteiger partial charge in [-0.05, 0) is 27.2 Å². The van der Waals surface area contributed by atoms with Crippen molar-refractivity contribution in [1.82, 2.24) is 10.3 Å². The van der Waals surface area contributed by atoms with Crippen LogP contribution in [0.15, 0.2) is 6.20 Å². The van der Waals surface area contributed by atoms with E-state index in [1.54, 1.807) is 7.11 Å². The van der Waals surface area contributed by atoms with Crippen LogP contribution in [0, 0.1) is 19.3 Å². The van der Waals surface area contributed by atoms with Gasteiger partial charge in [-0.2, -0.15) is 0 Å². The SMILES string of the molecule is CCOC1CC(NCc2ncc(C)c(OC)c2C)C1(C)C. The maximum atomic E-state index is 5.78. The Kier molecular flexibility index (Phi) is 4.89. The van der Waals surface area contributed by atoms with Crippen molar-refractivity contribution in [2.45, 2.75) is 59.7 Å². The number of pyridine rings is 1. The van der Waals surface area contributed by atoms with Gasteiger partial charge in [0.2, 0.25) is 0 Å². The summed E-state index contributed by atoms with van der Waals surface area (Å²) < 4.78 is 11.2. The molecule has 0 aliphatic heterocycles. The molecule has 0 aromatic carbocycles. The zero-order valence-electron chi connectivity index (χ0n) is 14.1. The second kappa shape index (κ2) is 6.32. The number of aryl methyl sites for hydroxylation is 1. The Balaban J connectivity index is 1.99. The molecule has 1 heterocycles. The van der Waals surface area contributed by atoms with Crippen molar-refractivity contribution < 1.29 is 9.47 Å². The smallest absolute Gasteiger partial charge is 0.128 e. The number of methoxy groups -OCH3 is 1. The molecule has 1 saturated carbocycles. The molecule has 0 saturated heterocycles. The molecule has 2 atom stereocenters. The molecule has 4 nitrogen and oxygen atoms in total. The van der Waals surface area contributed by atoms with Gasteiger partial charge in [-0.15, -0.1) is 0 Å². The Morgan fingerprint density at radius 3 is 2.67 bits per heavy atom. The molecule has 1 fully saturated rings. The molecule has 0 amide bonds. The average molecular weight is 292 g/mol. The summed E-state index contributed by atoms with van der Waals surface area (Å²) >= 11 is 0. The zero-order chi connectivity index (χ0) is 15.6. The summed E-state index contributed by atoms with van der Waals surface area (Å²) in [7, 11) is 1.72. The number of hydrogen-bond acceptors (Lipinski definition) is 4. The van der Waals surface area contributed by atoms with Crippen molar-refractivity contribution >= 4 is 0 Å². The molecule has 4 heteroatoms. The first-order chi connectivity index (χ1) is 9.91. The summed E-state index contributed by atoms with van der Waals surface area (Å²) in [6, 6.07) is 0.475. The van der Waals surface area contributed by atoms with Crippen LogP contribution in [0.2, 0.25) is 0 Å². The van der Waals surface area contributed by atoms with Crippen LogP contribution in [0.5, 0.6) is 5.75 Å². The predicted octanol–water partition coefficient (Wildman–Crippen LogP) is 3.00. The zero-order valence-corrected chi connectivity index (χ0v) is 14.1. The van der Waals surface area contributed by atoms with Gasteiger partial charge < -0.3 is 14.8 Å². The first kappa shape index (κ1) is 16.2. The maximum Gasteiger partial charge on any atom is 0.128 e. The van der Waals surface area contributed by atoms with Crippen LogP contribution in [0.1, 0.15) is 44.0 Å². The molecule has 21 heavy (non-hydrogen) atoms. The van der Waals surface area contributed by atoms with Crippen LogP contribution in [0.3, 0.4) is 0 Å². The Morgan fingerprint density at radius 2 is 2.10 bits per heavy atom. The van der Waals surface area contributed by atoms with Crippen LogP contribution in [-0.4, -0.2) is 30.8 Å². The Hall–Kier alpha value is -1.13. The molecule has 0 spiro atoms. The third-order valence-corrected chi connectivity index (χ3v) is 4.81. The van der Waals surface area contributed by atoms with E-state index < -0.39 is 0 Å². The Morgan fingerprint density at radius 1 is 1.38 bits per heavy atom. The van der Waals surface area contributed by atoms with Crippen LogP contribution in [0.25, 0.3) is 0 Å². The van der Waals surface area contributed by atoms with Crippen molar-refractivity contribution in [3.05, 3.63) is 23.0 Å². The predicted molar refractivity (Wildman–Crippen MR) is 84.7 cm³/mol. The van der Waals surface area contributed by atoms with Gasteiger partial charge in [-0.3, -0.25) is 4.98 Å². The summed E-state index contributed by atoms with van der Waals surface area (Å²) in [6.07, 6.45) is 3.32. The van der Waals surface area contributed by atoms with Crippen LogP contribution >= 0.6 is 0 Å². The van der Waals surface area contributed by atoms with Gasteiger partial charge in [0.25, 0.3) is 0 Å². The number of nitrogens with one attached hydrogen (secondary N) is 1. The van der Waals surface area contributed by atoms with E-state index in [1.807, 2.05) is 13.1 Å². The Bertz CT molecular complexity index is 500. The fourth-order valence-corrected chi connectivity index (χ4v) is 3.19. The van der Waals surface area contributed by atoms with E-state index in [-0.39, 0.29) is 5.41 Å². The second-order valence-corrected chi connectivity index (χ2v) is 6.48. The highest BCUT2D eigenvalue weighted by atomic mass is 16.5. The lowest BCUT2D eigenvalue weighted by Crippen LogP contribution is -2.60. The van der Waals surface area contributed by atoms with Crippen molar-refractivity contribution in [2.24, 2.45) is 5.41 Å². The summed E-state index contributed by atoms with van der Waals surface area (Å²) in [6.45, 7) is 12.3. The summed E-state index contributed by atoms with van der Waals surface area (Å²) in [5.74, 6) is 0.946. The molecular weight excluding hydrogens is 264 g/mol. The lowest BCUT2D eigenvalue weighted by molar-refractivity contribution is -0.114. The topological polar surface area (TPSA) is 43.4 Å². The summed E-state index contributed by atoms with van der Waals surface area (Å²) in [5, 5.41) is 3.63. The molecule has 2 unspecified atom stereocenters. The second-order valence-electron chi connectivity index (χ2n) is 6.48. The van der Waals surface area contributed by atoms with Crippen molar-refractivity contribution in [1.29, 1.82) is 0 Å². The van der Waals surface area contributed by atoms with Crippen LogP contribution in [0.4, 0.5) is 0 Å². The monoisotopic (exact) mass is 292 g/mol. The Labute approximate surface area is 128 Å². The van der Waals surface area contributed by atoms with Crippen LogP contribution < -0.4 is 10.1 Å². The van der Waals surface area contributed by atoms with Gasteiger partial charge >= 0.3 is 0 Å². The molecule has 1 aliphatic carbocycles. The molecule has 0 radical (unpaired) electrons. The molecular formula is C17H28N2O2. The minimum absolute atomic E-state index is 0.179. The lowest BCUT2D eigenvalue weighted by Gasteiger charge is -2.52.